The molecule has 21 heavy (non-hydrogen) atoms. The Balaban J connectivity index is 2.49. The van der Waals surface area contributed by atoms with Crippen LogP contribution in [0.5, 0.6) is 0 Å². The molecule has 0 radical (unpaired) electrons. The second kappa shape index (κ2) is 5.79. The Hall–Kier alpha value is -1.99. The lowest BCUT2D eigenvalue weighted by Gasteiger charge is -2.24. The van der Waals surface area contributed by atoms with Crippen molar-refractivity contribution in [3.63, 3.8) is 0 Å². The fourth-order valence-electron chi connectivity index (χ4n) is 2.14. The number of nitrogens with zero attached hydrogens (tertiary/aromatic N) is 2. The van der Waals surface area contributed by atoms with Crippen LogP contribution >= 0.6 is 0 Å². The highest BCUT2D eigenvalue weighted by atomic mass is 32.2. The fourth-order valence-corrected chi connectivity index (χ4v) is 3.70. The van der Waals surface area contributed by atoms with Gasteiger partial charge >= 0.3 is 0 Å². The van der Waals surface area contributed by atoms with Crippen LogP contribution < -0.4 is 5.73 Å². The molecule has 7 heteroatoms. The molecule has 1 aromatic carbocycles. The molecule has 112 valence electrons. The third-order valence-corrected chi connectivity index (χ3v) is 5.43. The van der Waals surface area contributed by atoms with Gasteiger partial charge in [-0.15, -0.1) is 0 Å². The smallest absolute Gasteiger partial charge is 0.243 e. The van der Waals surface area contributed by atoms with Crippen LogP contribution in [0.2, 0.25) is 0 Å². The Bertz CT molecular complexity index is 768. The van der Waals surface area contributed by atoms with Crippen molar-refractivity contribution >= 4 is 26.8 Å². The quantitative estimate of drug-likeness (QED) is 0.647. The molecule has 0 saturated heterocycles. The van der Waals surface area contributed by atoms with Crippen molar-refractivity contribution < 1.29 is 8.42 Å². The highest BCUT2D eigenvalue weighted by Crippen LogP contribution is 2.25. The summed E-state index contributed by atoms with van der Waals surface area (Å²) in [6.07, 6.45) is 1.82. The third-order valence-electron chi connectivity index (χ3n) is 3.40. The van der Waals surface area contributed by atoms with E-state index >= 15 is 0 Å². The minimum atomic E-state index is -3.67. The van der Waals surface area contributed by atoms with Gasteiger partial charge in [-0.2, -0.15) is 4.31 Å². The van der Waals surface area contributed by atoms with Crippen LogP contribution in [0.25, 0.3) is 10.9 Å². The predicted octanol–water partition coefficient (Wildman–Crippen LogP) is 1.57. The van der Waals surface area contributed by atoms with Crippen LogP contribution in [0.1, 0.15) is 13.3 Å². The molecule has 0 bridgehead atoms. The average molecular weight is 306 g/mol. The Morgan fingerprint density at radius 3 is 2.76 bits per heavy atom. The Labute approximate surface area is 124 Å². The number of rotatable bonds is 5. The van der Waals surface area contributed by atoms with Gasteiger partial charge in [0.2, 0.25) is 10.0 Å². The van der Waals surface area contributed by atoms with Crippen molar-refractivity contribution in [2.75, 3.05) is 7.05 Å². The van der Waals surface area contributed by atoms with Crippen molar-refractivity contribution in [2.24, 2.45) is 5.73 Å². The van der Waals surface area contributed by atoms with Crippen LogP contribution in [0.15, 0.2) is 41.4 Å². The summed E-state index contributed by atoms with van der Waals surface area (Å²) in [7, 11) is -2.17. The molecule has 6 nitrogen and oxygen atoms in total. The molecule has 0 spiro atoms. The SMILES string of the molecule is CC(CC(=N)N)N(C)S(=O)(=O)c1cccc2ncccc12. The summed E-state index contributed by atoms with van der Waals surface area (Å²) in [6, 6.07) is 8.06. The molecule has 2 rings (SSSR count). The van der Waals surface area contributed by atoms with E-state index in [4.69, 9.17) is 11.1 Å². The van der Waals surface area contributed by atoms with E-state index in [1.807, 2.05) is 0 Å². The lowest BCUT2D eigenvalue weighted by molar-refractivity contribution is 0.396. The molecule has 0 aliphatic carbocycles. The first-order chi connectivity index (χ1) is 9.84. The minimum absolute atomic E-state index is 0.0378. The number of sulfonamides is 1. The van der Waals surface area contributed by atoms with E-state index in [0.717, 1.165) is 0 Å². The third kappa shape index (κ3) is 3.03. The van der Waals surface area contributed by atoms with E-state index in [-0.39, 0.29) is 23.2 Å². The highest BCUT2D eigenvalue weighted by molar-refractivity contribution is 7.89. The lowest BCUT2D eigenvalue weighted by Crippen LogP contribution is -2.37. The van der Waals surface area contributed by atoms with E-state index in [2.05, 4.69) is 4.98 Å². The molecule has 0 aliphatic rings. The number of amidine groups is 1. The van der Waals surface area contributed by atoms with Crippen molar-refractivity contribution in [3.8, 4) is 0 Å². The summed E-state index contributed by atoms with van der Waals surface area (Å²) in [5, 5.41) is 7.89. The average Bonchev–Trinajstić information content (AvgIpc) is 2.45. The van der Waals surface area contributed by atoms with Gasteiger partial charge in [-0.05, 0) is 31.2 Å². The molecule has 0 fully saturated rings. The van der Waals surface area contributed by atoms with E-state index in [1.165, 1.54) is 11.4 Å². The molecular weight excluding hydrogens is 288 g/mol. The van der Waals surface area contributed by atoms with E-state index in [0.29, 0.717) is 10.9 Å². The molecule has 1 atom stereocenters. The largest absolute Gasteiger partial charge is 0.388 e. The molecule has 2 aromatic rings. The van der Waals surface area contributed by atoms with Gasteiger partial charge in [0.25, 0.3) is 0 Å². The van der Waals surface area contributed by atoms with Crippen molar-refractivity contribution in [3.05, 3.63) is 36.5 Å². The minimum Gasteiger partial charge on any atom is -0.388 e. The van der Waals surface area contributed by atoms with Gasteiger partial charge in [0.15, 0.2) is 0 Å². The maximum atomic E-state index is 12.8. The van der Waals surface area contributed by atoms with Crippen molar-refractivity contribution in [1.29, 1.82) is 5.41 Å². The first kappa shape index (κ1) is 15.4. The number of fused-ring (bicyclic) bond motifs is 1. The van der Waals surface area contributed by atoms with Gasteiger partial charge in [-0.25, -0.2) is 8.42 Å². The molecule has 0 aliphatic heterocycles. The Morgan fingerprint density at radius 2 is 2.10 bits per heavy atom. The summed E-state index contributed by atoms with van der Waals surface area (Å²) in [6.45, 7) is 1.72. The number of benzene rings is 1. The molecule has 3 N–H and O–H groups in total. The van der Waals surface area contributed by atoms with E-state index in [1.54, 1.807) is 43.5 Å². The van der Waals surface area contributed by atoms with Gasteiger partial charge < -0.3 is 5.73 Å². The number of hydrogen-bond acceptors (Lipinski definition) is 4. The zero-order valence-corrected chi connectivity index (χ0v) is 12.8. The predicted molar refractivity (Wildman–Crippen MR) is 82.7 cm³/mol. The topological polar surface area (TPSA) is 100 Å². The highest BCUT2D eigenvalue weighted by Gasteiger charge is 2.27. The zero-order valence-electron chi connectivity index (χ0n) is 11.9. The summed E-state index contributed by atoms with van der Waals surface area (Å²) in [5.74, 6) is -0.0378. The molecule has 1 heterocycles. The summed E-state index contributed by atoms with van der Waals surface area (Å²) >= 11 is 0. The van der Waals surface area contributed by atoms with Gasteiger partial charge in [0, 0.05) is 31.1 Å². The number of nitrogens with two attached hydrogens (primary N) is 1. The fraction of sp³-hybridized carbons (Fsp3) is 0.286. The van der Waals surface area contributed by atoms with Crippen LogP contribution in [0, 0.1) is 5.41 Å². The monoisotopic (exact) mass is 306 g/mol. The Morgan fingerprint density at radius 1 is 1.38 bits per heavy atom. The zero-order chi connectivity index (χ0) is 15.6. The Kier molecular flexibility index (Phi) is 4.24. The van der Waals surface area contributed by atoms with Crippen LogP contribution in [0.4, 0.5) is 0 Å². The van der Waals surface area contributed by atoms with Gasteiger partial charge in [0.05, 0.1) is 16.2 Å². The second-order valence-electron chi connectivity index (χ2n) is 4.93. The van der Waals surface area contributed by atoms with Crippen molar-refractivity contribution in [1.82, 2.24) is 9.29 Å². The maximum absolute atomic E-state index is 12.8. The second-order valence-corrected chi connectivity index (χ2v) is 6.89. The van der Waals surface area contributed by atoms with Crippen molar-refractivity contribution in [2.45, 2.75) is 24.3 Å². The maximum Gasteiger partial charge on any atom is 0.243 e. The molecule has 0 saturated carbocycles. The standard InChI is InChI=1S/C14H18N4O2S/c1-10(9-14(15)16)18(2)21(19,20)13-7-3-6-12-11(13)5-4-8-17-12/h3-8,10H,9H2,1-2H3,(H3,15,16). The number of aromatic nitrogens is 1. The van der Waals surface area contributed by atoms with Crippen LogP contribution in [0.3, 0.4) is 0 Å². The van der Waals surface area contributed by atoms with Gasteiger partial charge in [-0.3, -0.25) is 10.4 Å². The van der Waals surface area contributed by atoms with E-state index < -0.39 is 10.0 Å². The molecule has 1 unspecified atom stereocenters. The van der Waals surface area contributed by atoms with E-state index in [9.17, 15) is 8.42 Å². The first-order valence-corrected chi connectivity index (χ1v) is 7.92. The number of hydrogen-bond donors (Lipinski definition) is 2. The summed E-state index contributed by atoms with van der Waals surface area (Å²) in [5.41, 5.74) is 5.99. The first-order valence-electron chi connectivity index (χ1n) is 6.48. The lowest BCUT2D eigenvalue weighted by atomic mass is 10.2. The number of pyridine rings is 1. The van der Waals surface area contributed by atoms with Gasteiger partial charge in [-0.1, -0.05) is 6.07 Å². The van der Waals surface area contributed by atoms with Gasteiger partial charge in [0.1, 0.15) is 0 Å². The van der Waals surface area contributed by atoms with Crippen LogP contribution in [-0.4, -0.2) is 36.6 Å². The summed E-state index contributed by atoms with van der Waals surface area (Å²) in [4.78, 5) is 4.38. The normalized spacial score (nSPS) is 13.5. The van der Waals surface area contributed by atoms with Crippen LogP contribution in [-0.2, 0) is 10.0 Å². The summed E-state index contributed by atoms with van der Waals surface area (Å²) < 4.78 is 26.8. The molecular formula is C14H18N4O2S. The number of nitrogens with one attached hydrogen (secondary N) is 1. The molecule has 1 aromatic heterocycles. The molecule has 0 amide bonds.